The molecule has 2 aromatic rings. The monoisotopic (exact) mass is 339 g/mol. The summed E-state index contributed by atoms with van der Waals surface area (Å²) >= 11 is 0. The Morgan fingerprint density at radius 2 is 2.12 bits per heavy atom. The molecule has 5 nitrogen and oxygen atoms in total. The van der Waals surface area contributed by atoms with E-state index >= 15 is 0 Å². The van der Waals surface area contributed by atoms with Crippen LogP contribution in [0.3, 0.4) is 0 Å². The van der Waals surface area contributed by atoms with Crippen LogP contribution in [-0.2, 0) is 11.2 Å². The van der Waals surface area contributed by atoms with Gasteiger partial charge in [0, 0.05) is 48.3 Å². The summed E-state index contributed by atoms with van der Waals surface area (Å²) in [6.45, 7) is 6.21. The van der Waals surface area contributed by atoms with Crippen LogP contribution in [0, 0.1) is 5.92 Å². The van der Waals surface area contributed by atoms with Gasteiger partial charge in [0.2, 0.25) is 5.91 Å². The minimum absolute atomic E-state index is 0.161. The van der Waals surface area contributed by atoms with Gasteiger partial charge in [0.25, 0.3) is 0 Å². The fraction of sp³-hybridized carbons (Fsp3) is 0.450. The first-order valence-corrected chi connectivity index (χ1v) is 9.08. The normalized spacial score (nSPS) is 22.6. The van der Waals surface area contributed by atoms with Crippen LogP contribution in [-0.4, -0.2) is 58.5 Å². The van der Waals surface area contributed by atoms with Crippen LogP contribution in [0.2, 0.25) is 0 Å². The van der Waals surface area contributed by atoms with E-state index in [1.807, 2.05) is 31.0 Å². The first-order valence-electron chi connectivity index (χ1n) is 9.08. The van der Waals surface area contributed by atoms with Gasteiger partial charge in [-0.2, -0.15) is 0 Å². The molecule has 1 aliphatic carbocycles. The molecule has 0 fully saturated rings. The van der Waals surface area contributed by atoms with E-state index in [4.69, 9.17) is 0 Å². The average Bonchev–Trinajstić information content (AvgIpc) is 3.02. The molecular formula is C20H25N3O2. The molecule has 2 heterocycles. The largest absolute Gasteiger partial charge is 0.507 e. The van der Waals surface area contributed by atoms with Crippen molar-refractivity contribution >= 4 is 22.4 Å². The smallest absolute Gasteiger partial charge is 0.230 e. The van der Waals surface area contributed by atoms with E-state index in [9.17, 15) is 9.90 Å². The molecule has 0 bridgehead atoms. The molecule has 0 radical (unpaired) electrons. The Kier molecular flexibility index (Phi) is 3.84. The Labute approximate surface area is 147 Å². The zero-order chi connectivity index (χ0) is 17.7. The number of rotatable bonds is 3. The number of H-pyrrole nitrogens is 1. The minimum atomic E-state index is -0.161. The molecular weight excluding hydrogens is 314 g/mol. The van der Waals surface area contributed by atoms with Crippen LogP contribution in [0.25, 0.3) is 16.5 Å². The quantitative estimate of drug-likeness (QED) is 0.904. The van der Waals surface area contributed by atoms with Crippen molar-refractivity contribution in [3.63, 3.8) is 0 Å². The maximum absolute atomic E-state index is 12.9. The molecule has 1 aliphatic heterocycles. The van der Waals surface area contributed by atoms with E-state index < -0.39 is 0 Å². The first kappa shape index (κ1) is 16.2. The topological polar surface area (TPSA) is 59.6 Å². The standard InChI is InChI=1S/C20H25N3O2/c1-4-23(5-2)20(25)13-8-14-16(22(3)11-13)9-12-10-21-15-6-7-17(24)19(14)18(12)15/h6-8,10,13,16,21,24H,4-5,9,11H2,1-3H3. The lowest BCUT2D eigenvalue weighted by Gasteiger charge is -2.40. The van der Waals surface area contributed by atoms with Crippen LogP contribution < -0.4 is 0 Å². The predicted octanol–water partition coefficient (Wildman–Crippen LogP) is 2.61. The van der Waals surface area contributed by atoms with Gasteiger partial charge in [0.05, 0.1) is 5.92 Å². The van der Waals surface area contributed by atoms with Crippen molar-refractivity contribution in [2.45, 2.75) is 26.3 Å². The number of nitrogens with one attached hydrogen (secondary N) is 1. The lowest BCUT2D eigenvalue weighted by atomic mass is 9.79. The molecule has 25 heavy (non-hydrogen) atoms. The highest BCUT2D eigenvalue weighted by atomic mass is 16.3. The van der Waals surface area contributed by atoms with Gasteiger partial charge in [-0.15, -0.1) is 0 Å². The van der Waals surface area contributed by atoms with Crippen LogP contribution in [0.5, 0.6) is 5.75 Å². The van der Waals surface area contributed by atoms with Gasteiger partial charge in [-0.3, -0.25) is 9.69 Å². The van der Waals surface area contributed by atoms with Gasteiger partial charge in [0.15, 0.2) is 0 Å². The summed E-state index contributed by atoms with van der Waals surface area (Å²) in [4.78, 5) is 20.3. The SMILES string of the molecule is CCN(CC)C(=O)C1C=C2c3c(O)ccc4[nH]cc(c34)CC2N(C)C1. The highest BCUT2D eigenvalue weighted by molar-refractivity contribution is 6.01. The van der Waals surface area contributed by atoms with Crippen molar-refractivity contribution in [3.8, 4) is 5.75 Å². The van der Waals surface area contributed by atoms with E-state index in [-0.39, 0.29) is 17.9 Å². The van der Waals surface area contributed by atoms with Gasteiger partial charge < -0.3 is 15.0 Å². The summed E-state index contributed by atoms with van der Waals surface area (Å²) in [5, 5.41) is 11.7. The third kappa shape index (κ3) is 2.37. The number of amides is 1. The zero-order valence-electron chi connectivity index (χ0n) is 15.0. The maximum atomic E-state index is 12.9. The third-order valence-corrected chi connectivity index (χ3v) is 5.76. The second-order valence-electron chi connectivity index (χ2n) is 7.09. The van der Waals surface area contributed by atoms with Gasteiger partial charge in [-0.05, 0) is 50.6 Å². The number of carbonyl (C=O) groups is 1. The van der Waals surface area contributed by atoms with Crippen LogP contribution in [0.15, 0.2) is 24.4 Å². The summed E-state index contributed by atoms with van der Waals surface area (Å²) in [6.07, 6.45) is 5.06. The Bertz CT molecular complexity index is 863. The summed E-state index contributed by atoms with van der Waals surface area (Å²) in [7, 11) is 2.08. The molecule has 132 valence electrons. The molecule has 2 unspecified atom stereocenters. The van der Waals surface area contributed by atoms with Gasteiger partial charge >= 0.3 is 0 Å². The first-order chi connectivity index (χ1) is 12.0. The summed E-state index contributed by atoms with van der Waals surface area (Å²) in [5.41, 5.74) is 4.27. The molecule has 5 heteroatoms. The second kappa shape index (κ2) is 5.92. The number of hydrogen-bond donors (Lipinski definition) is 2. The molecule has 4 rings (SSSR count). The van der Waals surface area contributed by atoms with Crippen molar-refractivity contribution in [2.24, 2.45) is 5.92 Å². The van der Waals surface area contributed by atoms with E-state index in [0.29, 0.717) is 5.75 Å². The Balaban J connectivity index is 1.85. The molecule has 2 atom stereocenters. The fourth-order valence-corrected chi connectivity index (χ4v) is 4.43. The van der Waals surface area contributed by atoms with E-state index in [1.54, 1.807) is 6.07 Å². The molecule has 1 aromatic carbocycles. The average molecular weight is 339 g/mol. The van der Waals surface area contributed by atoms with Gasteiger partial charge in [0.1, 0.15) is 5.75 Å². The number of fused-ring (bicyclic) bond motifs is 2. The molecule has 0 spiro atoms. The predicted molar refractivity (Wildman–Crippen MR) is 99.5 cm³/mol. The third-order valence-electron chi connectivity index (χ3n) is 5.76. The Morgan fingerprint density at radius 1 is 1.36 bits per heavy atom. The van der Waals surface area contributed by atoms with Crippen LogP contribution >= 0.6 is 0 Å². The van der Waals surface area contributed by atoms with Crippen molar-refractivity contribution in [2.75, 3.05) is 26.7 Å². The molecule has 0 saturated heterocycles. The Morgan fingerprint density at radius 3 is 2.84 bits per heavy atom. The lowest BCUT2D eigenvalue weighted by molar-refractivity contribution is -0.134. The van der Waals surface area contributed by atoms with Crippen molar-refractivity contribution in [3.05, 3.63) is 35.5 Å². The molecule has 0 saturated carbocycles. The lowest BCUT2D eigenvalue weighted by Crippen LogP contribution is -2.47. The summed E-state index contributed by atoms with van der Waals surface area (Å²) in [6, 6.07) is 3.88. The molecule has 2 aliphatic rings. The highest BCUT2D eigenvalue weighted by Crippen LogP contribution is 2.44. The Hall–Kier alpha value is -2.27. The highest BCUT2D eigenvalue weighted by Gasteiger charge is 2.37. The number of benzene rings is 1. The fourth-order valence-electron chi connectivity index (χ4n) is 4.43. The van der Waals surface area contributed by atoms with E-state index in [2.05, 4.69) is 23.0 Å². The maximum Gasteiger partial charge on any atom is 0.230 e. The number of phenolic OH excluding ortho intramolecular Hbond substituents is 1. The van der Waals surface area contributed by atoms with Crippen LogP contribution in [0.1, 0.15) is 25.0 Å². The molecule has 1 amide bonds. The zero-order valence-corrected chi connectivity index (χ0v) is 15.0. The number of aromatic hydroxyl groups is 1. The number of hydrogen-bond acceptors (Lipinski definition) is 3. The van der Waals surface area contributed by atoms with Gasteiger partial charge in [-0.25, -0.2) is 0 Å². The van der Waals surface area contributed by atoms with Gasteiger partial charge in [-0.1, -0.05) is 6.08 Å². The number of aromatic nitrogens is 1. The van der Waals surface area contributed by atoms with Crippen molar-refractivity contribution in [1.29, 1.82) is 0 Å². The number of likely N-dealkylation sites (N-methyl/N-ethyl adjacent to an activating group) is 1. The number of carbonyl (C=O) groups excluding carboxylic acids is 1. The van der Waals surface area contributed by atoms with Crippen LogP contribution in [0.4, 0.5) is 0 Å². The molecule has 2 N–H and O–H groups in total. The molecule has 1 aromatic heterocycles. The number of phenols is 1. The van der Waals surface area contributed by atoms with E-state index in [0.717, 1.165) is 48.1 Å². The van der Waals surface area contributed by atoms with Crippen molar-refractivity contribution in [1.82, 2.24) is 14.8 Å². The number of aromatic amines is 1. The minimum Gasteiger partial charge on any atom is -0.507 e. The second-order valence-corrected chi connectivity index (χ2v) is 7.09. The summed E-state index contributed by atoms with van der Waals surface area (Å²) in [5.74, 6) is 0.314. The van der Waals surface area contributed by atoms with Crippen molar-refractivity contribution < 1.29 is 9.90 Å². The number of nitrogens with zero attached hydrogens (tertiary/aromatic N) is 2. The summed E-state index contributed by atoms with van der Waals surface area (Å²) < 4.78 is 0. The van der Waals surface area contributed by atoms with E-state index in [1.165, 1.54) is 5.56 Å².